The van der Waals surface area contributed by atoms with Gasteiger partial charge in [-0.15, -0.1) is 11.3 Å². The second-order valence-electron chi connectivity index (χ2n) is 9.45. The second kappa shape index (κ2) is 10.2. The number of nitrogens with zero attached hydrogens (tertiary/aromatic N) is 5. The first-order valence-corrected chi connectivity index (χ1v) is 13.1. The molecule has 39 heavy (non-hydrogen) atoms. The molecule has 1 saturated heterocycles. The summed E-state index contributed by atoms with van der Waals surface area (Å²) in [6, 6.07) is 1.73. The van der Waals surface area contributed by atoms with Crippen LogP contribution in [0.25, 0.3) is 32.2 Å². The van der Waals surface area contributed by atoms with Crippen LogP contribution in [0, 0.1) is 23.0 Å². The van der Waals surface area contributed by atoms with Gasteiger partial charge in [0.1, 0.15) is 29.4 Å². The van der Waals surface area contributed by atoms with Crippen molar-refractivity contribution in [2.45, 2.75) is 31.8 Å². The highest BCUT2D eigenvalue weighted by Gasteiger charge is 2.33. The quantitative estimate of drug-likeness (QED) is 0.359. The van der Waals surface area contributed by atoms with Gasteiger partial charge >= 0.3 is 6.01 Å². The number of pyridine rings is 1. The predicted molar refractivity (Wildman–Crippen MR) is 138 cm³/mol. The first-order chi connectivity index (χ1) is 18.9. The van der Waals surface area contributed by atoms with Crippen LogP contribution in [-0.4, -0.2) is 65.5 Å². The third-order valence-electron chi connectivity index (χ3n) is 7.19. The zero-order valence-electron chi connectivity index (χ0n) is 20.8. The SMILES string of the molecule is COCCN1C[C@@H](F)C[C@H]1COc1ncc2c3c(c(-c4ncc(F)c5sc(N)c(C#N)c45)c(F)c2n1)COC3. The van der Waals surface area contributed by atoms with E-state index in [4.69, 9.17) is 19.9 Å². The maximum atomic E-state index is 16.3. The molecule has 3 aromatic heterocycles. The number of nitrogen functional groups attached to an aromatic ring is 1. The number of nitriles is 1. The molecule has 1 fully saturated rings. The number of benzene rings is 1. The van der Waals surface area contributed by atoms with Crippen LogP contribution >= 0.6 is 11.3 Å². The van der Waals surface area contributed by atoms with Crippen LogP contribution in [0.3, 0.4) is 0 Å². The Bertz CT molecular complexity index is 1640. The number of fused-ring (bicyclic) bond motifs is 4. The molecule has 4 aromatic rings. The third kappa shape index (κ3) is 4.33. The minimum atomic E-state index is -0.972. The monoisotopic (exact) mass is 556 g/mol. The summed E-state index contributed by atoms with van der Waals surface area (Å²) in [7, 11) is 1.59. The van der Waals surface area contributed by atoms with Crippen molar-refractivity contribution in [3.05, 3.63) is 40.7 Å². The summed E-state index contributed by atoms with van der Waals surface area (Å²) in [5.74, 6) is -1.37. The van der Waals surface area contributed by atoms with E-state index in [0.29, 0.717) is 36.1 Å². The lowest BCUT2D eigenvalue weighted by molar-refractivity contribution is 0.115. The maximum Gasteiger partial charge on any atom is 0.317 e. The van der Waals surface area contributed by atoms with Gasteiger partial charge in [-0.2, -0.15) is 10.2 Å². The topological polar surface area (TPSA) is 119 Å². The first-order valence-electron chi connectivity index (χ1n) is 12.3. The number of likely N-dealkylation sites (tertiary alicyclic amines) is 1. The Kier molecular flexibility index (Phi) is 6.72. The smallest absolute Gasteiger partial charge is 0.317 e. The Morgan fingerprint density at radius 1 is 1.26 bits per heavy atom. The number of rotatable bonds is 7. The van der Waals surface area contributed by atoms with Crippen molar-refractivity contribution in [3.8, 4) is 23.3 Å². The number of nitrogens with two attached hydrogens (primary N) is 1. The largest absolute Gasteiger partial charge is 0.462 e. The number of halogens is 3. The highest BCUT2D eigenvalue weighted by Crippen LogP contribution is 2.45. The van der Waals surface area contributed by atoms with E-state index in [1.54, 1.807) is 7.11 Å². The highest BCUT2D eigenvalue weighted by atomic mass is 32.1. The fraction of sp³-hybridized carbons (Fsp3) is 0.385. The molecule has 2 atom stereocenters. The number of ether oxygens (including phenoxy) is 3. The average molecular weight is 557 g/mol. The number of thiophene rings is 1. The average Bonchev–Trinajstić information content (AvgIpc) is 3.64. The zero-order valence-corrected chi connectivity index (χ0v) is 21.7. The van der Waals surface area contributed by atoms with Crippen molar-refractivity contribution >= 4 is 37.3 Å². The van der Waals surface area contributed by atoms with Crippen LogP contribution in [0.5, 0.6) is 6.01 Å². The van der Waals surface area contributed by atoms with Gasteiger partial charge in [0, 0.05) is 48.8 Å². The zero-order chi connectivity index (χ0) is 27.3. The molecular formula is C26H23F3N6O3S. The molecule has 6 rings (SSSR count). The molecular weight excluding hydrogens is 533 g/mol. The Morgan fingerprint density at radius 2 is 2.08 bits per heavy atom. The number of alkyl halides is 1. The summed E-state index contributed by atoms with van der Waals surface area (Å²) < 4.78 is 61.7. The summed E-state index contributed by atoms with van der Waals surface area (Å²) in [5.41, 5.74) is 7.36. The van der Waals surface area contributed by atoms with Gasteiger partial charge in [-0.05, 0) is 17.5 Å². The lowest BCUT2D eigenvalue weighted by atomic mass is 9.94. The molecule has 0 amide bonds. The van der Waals surface area contributed by atoms with E-state index in [9.17, 15) is 14.0 Å². The molecule has 0 bridgehead atoms. The van der Waals surface area contributed by atoms with Crippen LogP contribution in [0.2, 0.25) is 0 Å². The van der Waals surface area contributed by atoms with Crippen molar-refractivity contribution < 1.29 is 27.4 Å². The van der Waals surface area contributed by atoms with Gasteiger partial charge in [0.25, 0.3) is 0 Å². The van der Waals surface area contributed by atoms with Crippen LogP contribution in [-0.2, 0) is 22.7 Å². The lowest BCUT2D eigenvalue weighted by Gasteiger charge is -2.23. The molecule has 2 aliphatic heterocycles. The maximum absolute atomic E-state index is 16.3. The van der Waals surface area contributed by atoms with Crippen LogP contribution in [0.4, 0.5) is 18.2 Å². The Labute approximate surface area is 224 Å². The molecule has 0 unspecified atom stereocenters. The fourth-order valence-electron chi connectivity index (χ4n) is 5.35. The summed E-state index contributed by atoms with van der Waals surface area (Å²) in [6.07, 6.45) is 1.80. The van der Waals surface area contributed by atoms with Crippen molar-refractivity contribution in [1.82, 2.24) is 19.9 Å². The van der Waals surface area contributed by atoms with Gasteiger partial charge in [0.2, 0.25) is 0 Å². The number of anilines is 1. The summed E-state index contributed by atoms with van der Waals surface area (Å²) in [6.45, 7) is 1.73. The summed E-state index contributed by atoms with van der Waals surface area (Å²) in [5, 5.41) is 10.4. The van der Waals surface area contributed by atoms with Gasteiger partial charge in [0.15, 0.2) is 11.6 Å². The molecule has 13 heteroatoms. The second-order valence-corrected chi connectivity index (χ2v) is 10.5. The van der Waals surface area contributed by atoms with E-state index < -0.39 is 17.8 Å². The number of aromatic nitrogens is 3. The van der Waals surface area contributed by atoms with E-state index >= 15 is 4.39 Å². The normalized spacial score (nSPS) is 19.2. The van der Waals surface area contributed by atoms with Gasteiger partial charge in [0.05, 0.1) is 42.0 Å². The van der Waals surface area contributed by atoms with Crippen LogP contribution < -0.4 is 10.5 Å². The van der Waals surface area contributed by atoms with E-state index in [2.05, 4.69) is 15.0 Å². The summed E-state index contributed by atoms with van der Waals surface area (Å²) >= 11 is 0.910. The van der Waals surface area contributed by atoms with E-state index in [1.807, 2.05) is 11.0 Å². The molecule has 0 radical (unpaired) electrons. The highest BCUT2D eigenvalue weighted by molar-refractivity contribution is 7.23. The Hall–Kier alpha value is -3.57. The molecule has 202 valence electrons. The van der Waals surface area contributed by atoms with Crippen LogP contribution in [0.15, 0.2) is 12.4 Å². The minimum Gasteiger partial charge on any atom is -0.462 e. The minimum absolute atomic E-state index is 0.0220. The van der Waals surface area contributed by atoms with Crippen molar-refractivity contribution in [3.63, 3.8) is 0 Å². The molecule has 5 heterocycles. The third-order valence-corrected chi connectivity index (χ3v) is 8.21. The van der Waals surface area contributed by atoms with Gasteiger partial charge in [-0.3, -0.25) is 9.88 Å². The molecule has 9 nitrogen and oxygen atoms in total. The predicted octanol–water partition coefficient (Wildman–Crippen LogP) is 4.11. The van der Waals surface area contributed by atoms with E-state index in [-0.39, 0.29) is 75.8 Å². The Balaban J connectivity index is 1.43. The van der Waals surface area contributed by atoms with Crippen molar-refractivity contribution in [2.75, 3.05) is 39.1 Å². The molecule has 0 saturated carbocycles. The van der Waals surface area contributed by atoms with Gasteiger partial charge in [-0.1, -0.05) is 0 Å². The number of methoxy groups -OCH3 is 1. The summed E-state index contributed by atoms with van der Waals surface area (Å²) in [4.78, 5) is 14.8. The van der Waals surface area contributed by atoms with Gasteiger partial charge < -0.3 is 19.9 Å². The molecule has 0 spiro atoms. The Morgan fingerprint density at radius 3 is 2.87 bits per heavy atom. The van der Waals surface area contributed by atoms with Crippen LogP contribution in [0.1, 0.15) is 23.1 Å². The molecule has 0 aliphatic carbocycles. The van der Waals surface area contributed by atoms with Gasteiger partial charge in [-0.25, -0.2) is 18.2 Å². The standard InChI is InChI=1S/C26H23F3N6O3S/c1-36-3-2-35-8-12(27)4-13(35)9-38-26-33-6-15-16-10-37-11-17(16)19(21(29)22(15)34-26)23-20-14(5-30)25(31)39-24(20)18(28)7-32-23/h6-7,12-13H,2-4,8-11,31H2,1H3/t12-,13-/m0/s1. The van der Waals surface area contributed by atoms with E-state index in [0.717, 1.165) is 17.5 Å². The van der Waals surface area contributed by atoms with Crippen molar-refractivity contribution in [1.29, 1.82) is 5.26 Å². The number of hydrogen-bond donors (Lipinski definition) is 1. The lowest BCUT2D eigenvalue weighted by Crippen LogP contribution is -2.36. The fourth-order valence-corrected chi connectivity index (χ4v) is 6.27. The number of hydrogen-bond acceptors (Lipinski definition) is 10. The molecule has 1 aromatic carbocycles. The van der Waals surface area contributed by atoms with E-state index in [1.165, 1.54) is 6.20 Å². The van der Waals surface area contributed by atoms with Crippen molar-refractivity contribution in [2.24, 2.45) is 0 Å². The first kappa shape index (κ1) is 25.7. The molecule has 2 aliphatic rings. The molecule has 2 N–H and O–H groups in total.